The number of aromatic nitrogens is 2. The van der Waals surface area contributed by atoms with Crippen LogP contribution in [-0.4, -0.2) is 40.4 Å². The molecular formula is C21H27N5O. The van der Waals surface area contributed by atoms with Crippen molar-refractivity contribution in [2.24, 2.45) is 0 Å². The molecule has 2 aliphatic rings. The lowest BCUT2D eigenvalue weighted by Gasteiger charge is -2.27. The minimum absolute atomic E-state index is 0.272. The van der Waals surface area contributed by atoms with Gasteiger partial charge in [-0.25, -0.2) is 9.97 Å². The van der Waals surface area contributed by atoms with Crippen LogP contribution in [0.5, 0.6) is 0 Å². The Bertz CT molecular complexity index is 770. The third-order valence-corrected chi connectivity index (χ3v) is 5.37. The van der Waals surface area contributed by atoms with Gasteiger partial charge < -0.3 is 15.1 Å². The summed E-state index contributed by atoms with van der Waals surface area (Å²) in [4.78, 5) is 24.8. The van der Waals surface area contributed by atoms with Crippen LogP contribution in [0.15, 0.2) is 36.7 Å². The molecule has 0 bridgehead atoms. The van der Waals surface area contributed by atoms with E-state index in [1.54, 1.807) is 6.33 Å². The zero-order chi connectivity index (χ0) is 18.5. The number of hydrogen-bond acceptors (Lipinski definition) is 5. The van der Waals surface area contributed by atoms with E-state index in [0.717, 1.165) is 50.8 Å². The van der Waals surface area contributed by atoms with Crippen LogP contribution in [0, 0.1) is 0 Å². The number of carbonyl (C=O) groups excluding carboxylic acids is 1. The molecule has 1 N–H and O–H groups in total. The number of likely N-dealkylation sites (tertiary alicyclic amines) is 1. The van der Waals surface area contributed by atoms with E-state index in [4.69, 9.17) is 0 Å². The van der Waals surface area contributed by atoms with E-state index in [1.807, 2.05) is 11.0 Å². The van der Waals surface area contributed by atoms with Crippen molar-refractivity contribution in [3.8, 4) is 0 Å². The number of carbonyl (C=O) groups is 1. The first-order chi connectivity index (χ1) is 13.3. The smallest absolute Gasteiger partial charge is 0.222 e. The summed E-state index contributed by atoms with van der Waals surface area (Å²) < 4.78 is 0. The van der Waals surface area contributed by atoms with Crippen molar-refractivity contribution < 1.29 is 4.79 Å². The first kappa shape index (κ1) is 17.8. The van der Waals surface area contributed by atoms with E-state index in [9.17, 15) is 4.79 Å². The van der Waals surface area contributed by atoms with Crippen molar-refractivity contribution >= 4 is 17.5 Å². The van der Waals surface area contributed by atoms with E-state index in [-0.39, 0.29) is 5.91 Å². The maximum Gasteiger partial charge on any atom is 0.222 e. The monoisotopic (exact) mass is 365 g/mol. The van der Waals surface area contributed by atoms with Gasteiger partial charge >= 0.3 is 0 Å². The molecule has 6 heteroatoms. The summed E-state index contributed by atoms with van der Waals surface area (Å²) in [6.07, 6.45) is 7.11. The molecule has 6 nitrogen and oxygen atoms in total. The molecule has 142 valence electrons. The molecule has 0 radical (unpaired) electrons. The summed E-state index contributed by atoms with van der Waals surface area (Å²) in [5.74, 6) is 2.14. The van der Waals surface area contributed by atoms with Gasteiger partial charge in [0.25, 0.3) is 0 Å². The molecule has 0 saturated carbocycles. The van der Waals surface area contributed by atoms with Crippen LogP contribution < -0.4 is 10.2 Å². The Labute approximate surface area is 160 Å². The van der Waals surface area contributed by atoms with Gasteiger partial charge in [0.2, 0.25) is 5.91 Å². The Morgan fingerprint density at radius 3 is 2.44 bits per heavy atom. The Morgan fingerprint density at radius 1 is 0.926 bits per heavy atom. The summed E-state index contributed by atoms with van der Waals surface area (Å²) in [6.45, 7) is 4.49. The lowest BCUT2D eigenvalue weighted by atomic mass is 10.1. The highest BCUT2D eigenvalue weighted by Gasteiger charge is 2.19. The molecule has 0 spiro atoms. The number of benzene rings is 1. The molecule has 4 rings (SSSR count). The largest absolute Gasteiger partial charge is 0.366 e. The topological polar surface area (TPSA) is 61.4 Å². The molecule has 2 fully saturated rings. The summed E-state index contributed by atoms with van der Waals surface area (Å²) in [5.41, 5.74) is 2.38. The molecule has 27 heavy (non-hydrogen) atoms. The molecule has 1 aromatic heterocycles. The number of hydrogen-bond donors (Lipinski definition) is 1. The number of piperidine rings is 1. The number of nitrogens with zero attached hydrogens (tertiary/aromatic N) is 4. The van der Waals surface area contributed by atoms with Crippen LogP contribution in [-0.2, 0) is 17.9 Å². The van der Waals surface area contributed by atoms with Gasteiger partial charge in [-0.2, -0.15) is 0 Å². The van der Waals surface area contributed by atoms with Crippen LogP contribution >= 0.6 is 0 Å². The second-order valence-corrected chi connectivity index (χ2v) is 7.40. The fraction of sp³-hybridized carbons (Fsp3) is 0.476. The van der Waals surface area contributed by atoms with E-state index in [0.29, 0.717) is 6.42 Å². The Kier molecular flexibility index (Phi) is 5.51. The van der Waals surface area contributed by atoms with Crippen molar-refractivity contribution in [2.75, 3.05) is 29.9 Å². The molecule has 3 heterocycles. The second-order valence-electron chi connectivity index (χ2n) is 7.40. The van der Waals surface area contributed by atoms with Crippen molar-refractivity contribution in [3.63, 3.8) is 0 Å². The van der Waals surface area contributed by atoms with E-state index >= 15 is 0 Å². The van der Waals surface area contributed by atoms with Crippen LogP contribution in [0.2, 0.25) is 0 Å². The summed E-state index contributed by atoms with van der Waals surface area (Å²) in [7, 11) is 0. The number of amides is 1. The van der Waals surface area contributed by atoms with Crippen molar-refractivity contribution in [1.82, 2.24) is 14.9 Å². The Morgan fingerprint density at radius 2 is 1.70 bits per heavy atom. The van der Waals surface area contributed by atoms with Gasteiger partial charge in [0.1, 0.15) is 18.0 Å². The van der Waals surface area contributed by atoms with Crippen LogP contribution in [0.3, 0.4) is 0 Å². The third-order valence-electron chi connectivity index (χ3n) is 5.37. The Hall–Kier alpha value is -2.63. The fourth-order valence-corrected chi connectivity index (χ4v) is 3.79. The molecule has 1 aromatic carbocycles. The highest BCUT2D eigenvalue weighted by molar-refractivity contribution is 5.78. The van der Waals surface area contributed by atoms with Crippen LogP contribution in [0.25, 0.3) is 0 Å². The van der Waals surface area contributed by atoms with Gasteiger partial charge in [-0.1, -0.05) is 24.3 Å². The Balaban J connectivity index is 1.32. The van der Waals surface area contributed by atoms with Crippen molar-refractivity contribution in [1.29, 1.82) is 0 Å². The number of nitrogens with one attached hydrogen (secondary N) is 1. The normalized spacial score (nSPS) is 17.4. The van der Waals surface area contributed by atoms with Crippen molar-refractivity contribution in [2.45, 2.75) is 45.2 Å². The van der Waals surface area contributed by atoms with Gasteiger partial charge in [0.15, 0.2) is 0 Å². The van der Waals surface area contributed by atoms with E-state index in [1.165, 1.54) is 30.4 Å². The first-order valence-electron chi connectivity index (χ1n) is 9.94. The predicted molar refractivity (Wildman–Crippen MR) is 107 cm³/mol. The van der Waals surface area contributed by atoms with Crippen LogP contribution in [0.1, 0.15) is 43.2 Å². The molecule has 0 aliphatic carbocycles. The SMILES string of the molecule is O=C1CCCN1Cc1ccc(CNc2cc(N3CCCCC3)ncn2)cc1. The fourth-order valence-electron chi connectivity index (χ4n) is 3.79. The van der Waals surface area contributed by atoms with Gasteiger partial charge in [-0.05, 0) is 36.8 Å². The molecule has 2 aliphatic heterocycles. The lowest BCUT2D eigenvalue weighted by Crippen LogP contribution is -2.30. The molecule has 1 amide bonds. The summed E-state index contributed by atoms with van der Waals surface area (Å²) in [6, 6.07) is 10.5. The van der Waals surface area contributed by atoms with Crippen LogP contribution in [0.4, 0.5) is 11.6 Å². The minimum Gasteiger partial charge on any atom is -0.366 e. The number of rotatable bonds is 6. The lowest BCUT2D eigenvalue weighted by molar-refractivity contribution is -0.128. The van der Waals surface area contributed by atoms with Gasteiger partial charge in [0, 0.05) is 45.2 Å². The van der Waals surface area contributed by atoms with Gasteiger partial charge in [0.05, 0.1) is 0 Å². The van der Waals surface area contributed by atoms with E-state index in [2.05, 4.69) is 44.5 Å². The average molecular weight is 365 g/mol. The molecule has 0 atom stereocenters. The highest BCUT2D eigenvalue weighted by Crippen LogP contribution is 2.20. The molecule has 0 unspecified atom stereocenters. The maximum absolute atomic E-state index is 11.7. The quantitative estimate of drug-likeness (QED) is 0.852. The highest BCUT2D eigenvalue weighted by atomic mass is 16.2. The maximum atomic E-state index is 11.7. The number of anilines is 2. The molecule has 2 aromatic rings. The minimum atomic E-state index is 0.272. The zero-order valence-electron chi connectivity index (χ0n) is 15.7. The van der Waals surface area contributed by atoms with Gasteiger partial charge in [-0.3, -0.25) is 4.79 Å². The summed E-state index contributed by atoms with van der Waals surface area (Å²) >= 11 is 0. The molecular weight excluding hydrogens is 338 g/mol. The van der Waals surface area contributed by atoms with E-state index < -0.39 is 0 Å². The van der Waals surface area contributed by atoms with Crippen molar-refractivity contribution in [3.05, 3.63) is 47.8 Å². The standard InChI is InChI=1S/C21H27N5O/c27-21-5-4-12-26(21)15-18-8-6-17(7-9-18)14-22-19-13-20(24-16-23-19)25-10-2-1-3-11-25/h6-9,13,16H,1-5,10-12,14-15H2,(H,22,23,24). The second kappa shape index (κ2) is 8.37. The molecule has 2 saturated heterocycles. The third kappa shape index (κ3) is 4.56. The average Bonchev–Trinajstić information content (AvgIpc) is 3.13. The first-order valence-corrected chi connectivity index (χ1v) is 9.94. The summed E-state index contributed by atoms with van der Waals surface area (Å²) in [5, 5.41) is 3.40. The zero-order valence-corrected chi connectivity index (χ0v) is 15.7. The van der Waals surface area contributed by atoms with Gasteiger partial charge in [-0.15, -0.1) is 0 Å². The predicted octanol–water partition coefficient (Wildman–Crippen LogP) is 3.20.